The number of amidine groups is 1. The molecule has 0 spiro atoms. The quantitative estimate of drug-likeness (QED) is 0.352. The summed E-state index contributed by atoms with van der Waals surface area (Å²) in [6.07, 6.45) is 3.13. The van der Waals surface area contributed by atoms with E-state index in [-0.39, 0.29) is 24.6 Å². The number of rotatable bonds is 9. The van der Waals surface area contributed by atoms with Crippen molar-refractivity contribution in [3.8, 4) is 5.75 Å². The third-order valence-corrected chi connectivity index (χ3v) is 6.01. The van der Waals surface area contributed by atoms with Gasteiger partial charge in [0.25, 0.3) is 0 Å². The standard InChI is InChI=1S/C24H30N4O4/c1-32-20-11-7-18(8-12-20)24(23(30)31,28-15-3-2-4-16-28)14-13-21(29)27-19-9-5-17(6-10-19)22(25)26/h5-12H,2-4,13-16H2,1H3,(H3,25,26)(H,27,29)(H,30,31). The van der Waals surface area contributed by atoms with Crippen LogP contribution in [0.1, 0.15) is 43.2 Å². The SMILES string of the molecule is COc1ccc(C(CCC(=O)Nc2ccc(C(=N)N)cc2)(C(=O)O)N2CCCCC2)cc1. The van der Waals surface area contributed by atoms with E-state index < -0.39 is 11.5 Å². The first-order valence-electron chi connectivity index (χ1n) is 10.7. The lowest BCUT2D eigenvalue weighted by Crippen LogP contribution is -2.54. The highest BCUT2D eigenvalue weighted by Gasteiger charge is 2.46. The Kier molecular flexibility index (Phi) is 7.48. The van der Waals surface area contributed by atoms with E-state index >= 15 is 0 Å². The van der Waals surface area contributed by atoms with Crippen LogP contribution in [0, 0.1) is 5.41 Å². The Morgan fingerprint density at radius 1 is 1.09 bits per heavy atom. The number of amides is 1. The number of nitrogens with one attached hydrogen (secondary N) is 2. The molecule has 1 aliphatic heterocycles. The van der Waals surface area contributed by atoms with Gasteiger partial charge in [-0.05, 0) is 74.3 Å². The Bertz CT molecular complexity index is 953. The van der Waals surface area contributed by atoms with Crippen LogP contribution >= 0.6 is 0 Å². The first-order chi connectivity index (χ1) is 15.4. The minimum atomic E-state index is -1.29. The van der Waals surface area contributed by atoms with Crippen molar-refractivity contribution < 1.29 is 19.4 Å². The summed E-state index contributed by atoms with van der Waals surface area (Å²) in [5.74, 6) is -0.617. The molecule has 0 aromatic heterocycles. The van der Waals surface area contributed by atoms with Gasteiger partial charge in [0, 0.05) is 17.7 Å². The average Bonchev–Trinajstić information content (AvgIpc) is 2.80. The fraction of sp³-hybridized carbons (Fsp3) is 0.375. The summed E-state index contributed by atoms with van der Waals surface area (Å²) in [7, 11) is 1.57. The highest BCUT2D eigenvalue weighted by Crippen LogP contribution is 2.37. The molecule has 1 saturated heterocycles. The van der Waals surface area contributed by atoms with Gasteiger partial charge in [0.2, 0.25) is 5.91 Å². The smallest absolute Gasteiger partial charge is 0.328 e. The Balaban J connectivity index is 1.81. The van der Waals surface area contributed by atoms with E-state index in [4.69, 9.17) is 15.9 Å². The van der Waals surface area contributed by atoms with Crippen molar-refractivity contribution in [2.24, 2.45) is 5.73 Å². The minimum Gasteiger partial charge on any atom is -0.497 e. The molecule has 1 unspecified atom stereocenters. The normalized spacial score (nSPS) is 16.0. The zero-order valence-electron chi connectivity index (χ0n) is 18.3. The van der Waals surface area contributed by atoms with Crippen molar-refractivity contribution in [1.29, 1.82) is 5.41 Å². The molecule has 32 heavy (non-hydrogen) atoms. The maximum atomic E-state index is 12.7. The van der Waals surface area contributed by atoms with E-state index in [1.165, 1.54) is 0 Å². The van der Waals surface area contributed by atoms with Gasteiger partial charge in [-0.1, -0.05) is 18.6 Å². The molecule has 1 amide bonds. The highest BCUT2D eigenvalue weighted by molar-refractivity contribution is 5.96. The number of hydrogen-bond acceptors (Lipinski definition) is 5. The Hall–Kier alpha value is -3.39. The van der Waals surface area contributed by atoms with Gasteiger partial charge in [0.05, 0.1) is 7.11 Å². The van der Waals surface area contributed by atoms with E-state index in [0.29, 0.717) is 35.7 Å². The first-order valence-corrected chi connectivity index (χ1v) is 10.7. The van der Waals surface area contributed by atoms with Crippen molar-refractivity contribution in [3.63, 3.8) is 0 Å². The molecule has 2 aromatic carbocycles. The van der Waals surface area contributed by atoms with Crippen molar-refractivity contribution in [2.45, 2.75) is 37.6 Å². The number of hydrogen-bond donors (Lipinski definition) is 4. The van der Waals surface area contributed by atoms with Crippen LogP contribution < -0.4 is 15.8 Å². The number of anilines is 1. The fourth-order valence-electron chi connectivity index (χ4n) is 4.24. The van der Waals surface area contributed by atoms with E-state index in [0.717, 1.165) is 19.3 Å². The zero-order valence-corrected chi connectivity index (χ0v) is 18.3. The van der Waals surface area contributed by atoms with Gasteiger partial charge in [0.1, 0.15) is 17.1 Å². The first kappa shape index (κ1) is 23.3. The minimum absolute atomic E-state index is 0.0449. The molecule has 5 N–H and O–H groups in total. The second kappa shape index (κ2) is 10.3. The molecular weight excluding hydrogens is 408 g/mol. The lowest BCUT2D eigenvalue weighted by Gasteiger charge is -2.43. The second-order valence-corrected chi connectivity index (χ2v) is 7.98. The number of carbonyl (C=O) groups excluding carboxylic acids is 1. The van der Waals surface area contributed by atoms with Gasteiger partial charge in [-0.2, -0.15) is 0 Å². The van der Waals surface area contributed by atoms with Crippen LogP contribution in [0.3, 0.4) is 0 Å². The van der Waals surface area contributed by atoms with Gasteiger partial charge in [-0.3, -0.25) is 15.1 Å². The topological polar surface area (TPSA) is 129 Å². The van der Waals surface area contributed by atoms with Gasteiger partial charge in [-0.25, -0.2) is 4.79 Å². The molecule has 8 nitrogen and oxygen atoms in total. The van der Waals surface area contributed by atoms with E-state index in [1.807, 2.05) is 4.90 Å². The number of likely N-dealkylation sites (tertiary alicyclic amines) is 1. The number of methoxy groups -OCH3 is 1. The largest absolute Gasteiger partial charge is 0.497 e. The van der Waals surface area contributed by atoms with Gasteiger partial charge in [-0.15, -0.1) is 0 Å². The van der Waals surface area contributed by atoms with Crippen LogP contribution in [0.15, 0.2) is 48.5 Å². The summed E-state index contributed by atoms with van der Waals surface area (Å²) in [4.78, 5) is 27.4. The van der Waals surface area contributed by atoms with Crippen LogP contribution in [0.4, 0.5) is 5.69 Å². The Labute approximate surface area is 187 Å². The van der Waals surface area contributed by atoms with E-state index in [2.05, 4.69) is 5.32 Å². The maximum Gasteiger partial charge on any atom is 0.328 e. The number of nitrogens with zero attached hydrogens (tertiary/aromatic N) is 1. The number of benzene rings is 2. The summed E-state index contributed by atoms with van der Waals surface area (Å²) < 4.78 is 5.23. The lowest BCUT2D eigenvalue weighted by atomic mass is 9.82. The van der Waals surface area contributed by atoms with Crippen molar-refractivity contribution in [2.75, 3.05) is 25.5 Å². The number of carboxylic acid groups (broad SMARTS) is 1. The van der Waals surface area contributed by atoms with Gasteiger partial charge >= 0.3 is 5.97 Å². The molecule has 1 atom stereocenters. The number of nitrogen functional groups attached to an aromatic ring is 1. The second-order valence-electron chi connectivity index (χ2n) is 7.98. The molecular formula is C24H30N4O4. The molecule has 1 heterocycles. The maximum absolute atomic E-state index is 12.7. The van der Waals surface area contributed by atoms with Crippen LogP contribution in [0.5, 0.6) is 5.75 Å². The Morgan fingerprint density at radius 2 is 1.72 bits per heavy atom. The summed E-state index contributed by atoms with van der Waals surface area (Å²) in [6, 6.07) is 13.7. The molecule has 0 saturated carbocycles. The van der Waals surface area contributed by atoms with Crippen molar-refractivity contribution >= 4 is 23.4 Å². The number of carbonyl (C=O) groups is 2. The number of ether oxygens (including phenoxy) is 1. The highest BCUT2D eigenvalue weighted by atomic mass is 16.5. The van der Waals surface area contributed by atoms with E-state index in [1.54, 1.807) is 55.6 Å². The number of carboxylic acids is 1. The fourth-order valence-corrected chi connectivity index (χ4v) is 4.24. The Morgan fingerprint density at radius 3 is 2.25 bits per heavy atom. The molecule has 2 aromatic rings. The van der Waals surface area contributed by atoms with Crippen LogP contribution in [0.2, 0.25) is 0 Å². The average molecular weight is 439 g/mol. The number of nitrogens with two attached hydrogens (primary N) is 1. The summed E-state index contributed by atoms with van der Waals surface area (Å²) >= 11 is 0. The van der Waals surface area contributed by atoms with Gasteiger partial charge < -0.3 is 20.9 Å². The van der Waals surface area contributed by atoms with Crippen molar-refractivity contribution in [1.82, 2.24) is 4.90 Å². The predicted molar refractivity (Wildman–Crippen MR) is 123 cm³/mol. The molecule has 3 rings (SSSR count). The van der Waals surface area contributed by atoms with Crippen LogP contribution in [-0.2, 0) is 15.1 Å². The molecule has 1 fully saturated rings. The third-order valence-electron chi connectivity index (χ3n) is 6.01. The molecule has 0 radical (unpaired) electrons. The lowest BCUT2D eigenvalue weighted by molar-refractivity contribution is -0.154. The number of piperidine rings is 1. The molecule has 1 aliphatic rings. The molecule has 8 heteroatoms. The zero-order chi connectivity index (χ0) is 23.1. The van der Waals surface area contributed by atoms with Gasteiger partial charge in [0.15, 0.2) is 0 Å². The number of aliphatic carboxylic acids is 1. The molecule has 170 valence electrons. The molecule has 0 aliphatic carbocycles. The van der Waals surface area contributed by atoms with E-state index in [9.17, 15) is 14.7 Å². The third kappa shape index (κ3) is 5.08. The summed E-state index contributed by atoms with van der Waals surface area (Å²) in [5, 5.41) is 20.7. The van der Waals surface area contributed by atoms with Crippen molar-refractivity contribution in [3.05, 3.63) is 59.7 Å². The summed E-state index contributed by atoms with van der Waals surface area (Å²) in [5.41, 5.74) is 5.96. The molecule has 0 bridgehead atoms. The van der Waals surface area contributed by atoms with Crippen LogP contribution in [0.25, 0.3) is 0 Å². The monoisotopic (exact) mass is 438 g/mol. The summed E-state index contributed by atoms with van der Waals surface area (Å²) in [6.45, 7) is 1.35. The predicted octanol–water partition coefficient (Wildman–Crippen LogP) is 3.16. The van der Waals surface area contributed by atoms with Crippen LogP contribution in [-0.4, -0.2) is 47.9 Å².